The molecular formula is C13H11N3O2. The van der Waals surface area contributed by atoms with E-state index in [9.17, 15) is 9.59 Å². The molecule has 0 saturated heterocycles. The van der Waals surface area contributed by atoms with Gasteiger partial charge in [0.15, 0.2) is 0 Å². The predicted molar refractivity (Wildman–Crippen MR) is 67.2 cm³/mol. The minimum atomic E-state index is -0.634. The van der Waals surface area contributed by atoms with Crippen LogP contribution in [0.15, 0.2) is 48.7 Å². The fraction of sp³-hybridized carbons (Fsp3) is 0. The highest BCUT2D eigenvalue weighted by molar-refractivity contribution is 6.04. The van der Waals surface area contributed by atoms with Crippen molar-refractivity contribution in [3.63, 3.8) is 0 Å². The summed E-state index contributed by atoms with van der Waals surface area (Å²) in [6, 6.07) is 11.8. The molecule has 0 unspecified atom stereocenters. The Labute approximate surface area is 104 Å². The number of nitrogens with one attached hydrogen (secondary N) is 1. The van der Waals surface area contributed by atoms with Crippen LogP contribution in [0.25, 0.3) is 0 Å². The second-order valence-electron chi connectivity index (χ2n) is 3.61. The molecule has 5 nitrogen and oxygen atoms in total. The molecule has 0 aliphatic carbocycles. The highest BCUT2D eigenvalue weighted by atomic mass is 16.2. The van der Waals surface area contributed by atoms with Crippen LogP contribution in [-0.4, -0.2) is 16.8 Å². The van der Waals surface area contributed by atoms with Gasteiger partial charge in [-0.1, -0.05) is 18.2 Å². The molecule has 2 aromatic rings. The number of carbonyl (C=O) groups is 2. The van der Waals surface area contributed by atoms with Crippen LogP contribution < -0.4 is 11.1 Å². The van der Waals surface area contributed by atoms with Crippen molar-refractivity contribution in [3.8, 4) is 0 Å². The summed E-state index contributed by atoms with van der Waals surface area (Å²) in [5.41, 5.74) is 6.24. The quantitative estimate of drug-likeness (QED) is 0.852. The molecule has 0 atom stereocenters. The minimum absolute atomic E-state index is 0.112. The van der Waals surface area contributed by atoms with E-state index in [0.29, 0.717) is 11.3 Å². The molecule has 0 spiro atoms. The van der Waals surface area contributed by atoms with E-state index in [1.165, 1.54) is 12.3 Å². The molecule has 1 aromatic carbocycles. The van der Waals surface area contributed by atoms with E-state index in [2.05, 4.69) is 10.3 Å². The second-order valence-corrected chi connectivity index (χ2v) is 3.61. The summed E-state index contributed by atoms with van der Waals surface area (Å²) < 4.78 is 0. The zero-order valence-electron chi connectivity index (χ0n) is 9.46. The van der Waals surface area contributed by atoms with Gasteiger partial charge in [0, 0.05) is 17.4 Å². The molecule has 1 heterocycles. The first-order valence-corrected chi connectivity index (χ1v) is 5.29. The molecule has 3 N–H and O–H groups in total. The number of aromatic nitrogens is 1. The van der Waals surface area contributed by atoms with Gasteiger partial charge in [-0.25, -0.2) is 0 Å². The number of hydrogen-bond acceptors (Lipinski definition) is 3. The normalized spacial score (nSPS) is 9.78. The molecule has 0 aliphatic rings. The van der Waals surface area contributed by atoms with Crippen LogP contribution in [0.1, 0.15) is 20.8 Å². The Balaban J connectivity index is 2.17. The van der Waals surface area contributed by atoms with E-state index in [1.54, 1.807) is 30.3 Å². The lowest BCUT2D eigenvalue weighted by Gasteiger charge is -2.05. The van der Waals surface area contributed by atoms with Crippen molar-refractivity contribution in [1.82, 2.24) is 4.98 Å². The first-order valence-electron chi connectivity index (χ1n) is 5.29. The smallest absolute Gasteiger partial charge is 0.267 e. The van der Waals surface area contributed by atoms with Gasteiger partial charge in [0.05, 0.1) is 0 Å². The first-order chi connectivity index (χ1) is 8.66. The summed E-state index contributed by atoms with van der Waals surface area (Å²) in [6.45, 7) is 0. The third kappa shape index (κ3) is 2.70. The summed E-state index contributed by atoms with van der Waals surface area (Å²) in [6.07, 6.45) is 1.42. The van der Waals surface area contributed by atoms with Crippen LogP contribution in [0, 0.1) is 0 Å². The molecule has 2 amide bonds. The zero-order chi connectivity index (χ0) is 13.0. The summed E-state index contributed by atoms with van der Waals surface area (Å²) >= 11 is 0. The lowest BCUT2D eigenvalue weighted by molar-refractivity contribution is 0.0992. The number of anilines is 1. The lowest BCUT2D eigenvalue weighted by Crippen LogP contribution is -2.15. The highest BCUT2D eigenvalue weighted by Gasteiger charge is 2.07. The van der Waals surface area contributed by atoms with Gasteiger partial charge in [-0.3, -0.25) is 14.6 Å². The van der Waals surface area contributed by atoms with Crippen molar-refractivity contribution >= 4 is 17.5 Å². The van der Waals surface area contributed by atoms with Crippen molar-refractivity contribution in [3.05, 3.63) is 59.9 Å². The van der Waals surface area contributed by atoms with Crippen molar-refractivity contribution in [2.75, 3.05) is 5.32 Å². The third-order valence-corrected chi connectivity index (χ3v) is 2.31. The van der Waals surface area contributed by atoms with E-state index in [-0.39, 0.29) is 11.6 Å². The van der Waals surface area contributed by atoms with Crippen molar-refractivity contribution < 1.29 is 9.59 Å². The number of carbonyl (C=O) groups excluding carboxylic acids is 2. The fourth-order valence-electron chi connectivity index (χ4n) is 1.44. The number of hydrogen-bond donors (Lipinski definition) is 2. The number of benzene rings is 1. The maximum absolute atomic E-state index is 11.8. The summed E-state index contributed by atoms with van der Waals surface area (Å²) in [7, 11) is 0. The van der Waals surface area contributed by atoms with Crippen LogP contribution in [0.3, 0.4) is 0 Å². The van der Waals surface area contributed by atoms with Gasteiger partial charge < -0.3 is 11.1 Å². The Morgan fingerprint density at radius 3 is 2.50 bits per heavy atom. The van der Waals surface area contributed by atoms with Crippen molar-refractivity contribution in [2.24, 2.45) is 5.73 Å². The number of primary amides is 1. The summed E-state index contributed by atoms with van der Waals surface area (Å²) in [5.74, 6) is -0.886. The van der Waals surface area contributed by atoms with Crippen LogP contribution in [0.5, 0.6) is 0 Å². The van der Waals surface area contributed by atoms with E-state index >= 15 is 0 Å². The van der Waals surface area contributed by atoms with Gasteiger partial charge in [0.25, 0.3) is 11.8 Å². The summed E-state index contributed by atoms with van der Waals surface area (Å²) in [4.78, 5) is 26.6. The molecule has 0 bridgehead atoms. The van der Waals surface area contributed by atoms with E-state index in [1.807, 2.05) is 6.07 Å². The maximum atomic E-state index is 11.8. The average molecular weight is 241 g/mol. The average Bonchev–Trinajstić information content (AvgIpc) is 2.40. The molecule has 18 heavy (non-hydrogen) atoms. The van der Waals surface area contributed by atoms with Crippen LogP contribution in [0.4, 0.5) is 5.69 Å². The van der Waals surface area contributed by atoms with Crippen LogP contribution in [-0.2, 0) is 0 Å². The molecule has 0 radical (unpaired) electrons. The molecule has 1 aromatic heterocycles. The molecule has 5 heteroatoms. The molecule has 2 rings (SSSR count). The predicted octanol–water partition coefficient (Wildman–Crippen LogP) is 1.43. The van der Waals surface area contributed by atoms with Crippen LogP contribution in [0.2, 0.25) is 0 Å². The zero-order valence-corrected chi connectivity index (χ0v) is 9.46. The number of nitrogens with two attached hydrogens (primary N) is 1. The number of rotatable bonds is 3. The van der Waals surface area contributed by atoms with E-state index in [0.717, 1.165) is 0 Å². The van der Waals surface area contributed by atoms with E-state index in [4.69, 9.17) is 5.73 Å². The molecule has 0 fully saturated rings. The Morgan fingerprint density at radius 1 is 1.11 bits per heavy atom. The molecule has 0 saturated carbocycles. The van der Waals surface area contributed by atoms with Gasteiger partial charge in [-0.2, -0.15) is 0 Å². The first kappa shape index (κ1) is 11.8. The van der Waals surface area contributed by atoms with Crippen LogP contribution >= 0.6 is 0 Å². The highest BCUT2D eigenvalue weighted by Crippen LogP contribution is 2.10. The van der Waals surface area contributed by atoms with Gasteiger partial charge in [-0.05, 0) is 24.3 Å². The number of pyridine rings is 1. The third-order valence-electron chi connectivity index (χ3n) is 2.31. The maximum Gasteiger partial charge on any atom is 0.267 e. The fourth-order valence-corrected chi connectivity index (χ4v) is 1.44. The SMILES string of the molecule is NC(=O)c1cc(NC(=O)c2ccccc2)ccn1. The topological polar surface area (TPSA) is 85.1 Å². The van der Waals surface area contributed by atoms with Crippen molar-refractivity contribution in [1.29, 1.82) is 0 Å². The van der Waals surface area contributed by atoms with Gasteiger partial charge in [0.1, 0.15) is 5.69 Å². The second kappa shape index (κ2) is 5.09. The standard InChI is InChI=1S/C13H11N3O2/c14-12(17)11-8-10(6-7-15-11)16-13(18)9-4-2-1-3-5-9/h1-8H,(H2,14,17)(H,15,16,18). The van der Waals surface area contributed by atoms with Gasteiger partial charge in [0.2, 0.25) is 0 Å². The minimum Gasteiger partial charge on any atom is -0.364 e. The molecule has 90 valence electrons. The summed E-state index contributed by atoms with van der Waals surface area (Å²) in [5, 5.41) is 2.67. The Bertz CT molecular complexity index is 582. The largest absolute Gasteiger partial charge is 0.364 e. The van der Waals surface area contributed by atoms with Gasteiger partial charge >= 0.3 is 0 Å². The molecule has 0 aliphatic heterocycles. The molecular weight excluding hydrogens is 230 g/mol. The monoisotopic (exact) mass is 241 g/mol. The number of amides is 2. The van der Waals surface area contributed by atoms with Gasteiger partial charge in [-0.15, -0.1) is 0 Å². The Hall–Kier alpha value is -2.69. The lowest BCUT2D eigenvalue weighted by atomic mass is 10.2. The Morgan fingerprint density at radius 2 is 1.83 bits per heavy atom. The number of nitrogens with zero attached hydrogens (tertiary/aromatic N) is 1. The van der Waals surface area contributed by atoms with Crippen molar-refractivity contribution in [2.45, 2.75) is 0 Å². The Kier molecular flexibility index (Phi) is 3.33. The van der Waals surface area contributed by atoms with E-state index < -0.39 is 5.91 Å².